The molecule has 0 saturated carbocycles. The van der Waals surface area contributed by atoms with E-state index in [0.717, 1.165) is 5.56 Å². The zero-order valence-corrected chi connectivity index (χ0v) is 12.5. The molecule has 7 nitrogen and oxygen atoms in total. The summed E-state index contributed by atoms with van der Waals surface area (Å²) < 4.78 is 10.0. The van der Waals surface area contributed by atoms with E-state index in [1.165, 1.54) is 12.3 Å². The molecule has 1 aromatic heterocycles. The molecular formula is C16H17N3O4. The number of nitrogens with zero attached hydrogens (tertiary/aromatic N) is 2. The van der Waals surface area contributed by atoms with Gasteiger partial charge in [0.05, 0.1) is 25.8 Å². The predicted molar refractivity (Wildman–Crippen MR) is 82.0 cm³/mol. The van der Waals surface area contributed by atoms with E-state index in [1.807, 2.05) is 17.0 Å². The number of rotatable bonds is 4. The lowest BCUT2D eigenvalue weighted by atomic mass is 10.1. The molecule has 0 spiro atoms. The molecule has 1 fully saturated rings. The van der Waals surface area contributed by atoms with Crippen LogP contribution in [0.4, 0.5) is 5.69 Å². The van der Waals surface area contributed by atoms with Crippen LogP contribution in [0.25, 0.3) is 0 Å². The van der Waals surface area contributed by atoms with Crippen molar-refractivity contribution in [3.05, 3.63) is 47.9 Å². The van der Waals surface area contributed by atoms with Crippen LogP contribution >= 0.6 is 0 Å². The number of morpholine rings is 1. The second-order valence-electron chi connectivity index (χ2n) is 5.20. The molecule has 1 aliphatic rings. The molecule has 1 N–H and O–H groups in total. The average molecular weight is 315 g/mol. The molecule has 1 aliphatic heterocycles. The van der Waals surface area contributed by atoms with Crippen LogP contribution < -0.4 is 5.32 Å². The van der Waals surface area contributed by atoms with Crippen molar-refractivity contribution in [1.82, 2.24) is 10.1 Å². The molecule has 0 aliphatic carbocycles. The molecule has 3 rings (SSSR count). The minimum absolute atomic E-state index is 0.0896. The number of amides is 2. The second kappa shape index (κ2) is 7.06. The van der Waals surface area contributed by atoms with Gasteiger partial charge in [0.1, 0.15) is 0 Å². The van der Waals surface area contributed by atoms with Gasteiger partial charge in [-0.15, -0.1) is 0 Å². The third kappa shape index (κ3) is 3.95. The molecule has 1 aromatic carbocycles. The number of carbonyl (C=O) groups is 2. The summed E-state index contributed by atoms with van der Waals surface area (Å²) in [5.41, 5.74) is 1.54. The highest BCUT2D eigenvalue weighted by Crippen LogP contribution is 2.13. The van der Waals surface area contributed by atoms with E-state index in [4.69, 9.17) is 9.26 Å². The molecule has 7 heteroatoms. The topological polar surface area (TPSA) is 84.7 Å². The highest BCUT2D eigenvalue weighted by atomic mass is 16.5. The number of hydrogen-bond donors (Lipinski definition) is 1. The van der Waals surface area contributed by atoms with Gasteiger partial charge < -0.3 is 19.5 Å². The summed E-state index contributed by atoms with van der Waals surface area (Å²) in [6, 6.07) is 8.67. The molecule has 0 radical (unpaired) electrons. The van der Waals surface area contributed by atoms with Gasteiger partial charge in [0.25, 0.3) is 5.91 Å². The highest BCUT2D eigenvalue weighted by Gasteiger charge is 2.17. The number of anilines is 1. The van der Waals surface area contributed by atoms with Gasteiger partial charge in [-0.05, 0) is 17.7 Å². The Bertz CT molecular complexity index is 661. The van der Waals surface area contributed by atoms with Crippen molar-refractivity contribution >= 4 is 17.5 Å². The van der Waals surface area contributed by atoms with E-state index >= 15 is 0 Å². The van der Waals surface area contributed by atoms with Gasteiger partial charge in [0.2, 0.25) is 11.7 Å². The van der Waals surface area contributed by atoms with Gasteiger partial charge >= 0.3 is 0 Å². The smallest absolute Gasteiger partial charge is 0.294 e. The van der Waals surface area contributed by atoms with Gasteiger partial charge in [-0.25, -0.2) is 0 Å². The standard InChI is InChI=1S/C16H17N3O4/c20-15(19-7-9-22-10-8-19)11-12-1-3-13(4-2-12)18-16(21)14-5-6-17-23-14/h1-6H,7-11H2,(H,18,21). The number of carbonyl (C=O) groups excluding carboxylic acids is 2. The maximum absolute atomic E-state index is 12.2. The Kier molecular flexibility index (Phi) is 4.68. The lowest BCUT2D eigenvalue weighted by Crippen LogP contribution is -2.41. The number of benzene rings is 1. The van der Waals surface area contributed by atoms with Crippen molar-refractivity contribution in [2.24, 2.45) is 0 Å². The van der Waals surface area contributed by atoms with E-state index in [-0.39, 0.29) is 17.6 Å². The van der Waals surface area contributed by atoms with E-state index < -0.39 is 0 Å². The summed E-state index contributed by atoms with van der Waals surface area (Å²) in [6.45, 7) is 2.48. The molecule has 0 atom stereocenters. The van der Waals surface area contributed by atoms with Crippen LogP contribution in [0.3, 0.4) is 0 Å². The highest BCUT2D eigenvalue weighted by molar-refractivity contribution is 6.02. The summed E-state index contributed by atoms with van der Waals surface area (Å²) in [5, 5.41) is 6.19. The first kappa shape index (κ1) is 15.2. The number of ether oxygens (including phenoxy) is 1. The lowest BCUT2D eigenvalue weighted by Gasteiger charge is -2.26. The molecule has 1 saturated heterocycles. The van der Waals surface area contributed by atoms with E-state index in [2.05, 4.69) is 10.5 Å². The van der Waals surface area contributed by atoms with Crippen molar-refractivity contribution in [3.63, 3.8) is 0 Å². The number of nitrogens with one attached hydrogen (secondary N) is 1. The number of hydrogen-bond acceptors (Lipinski definition) is 5. The molecule has 120 valence electrons. The minimum Gasteiger partial charge on any atom is -0.378 e. The molecule has 0 bridgehead atoms. The third-order valence-corrected chi connectivity index (χ3v) is 3.59. The van der Waals surface area contributed by atoms with E-state index in [1.54, 1.807) is 12.1 Å². The zero-order chi connectivity index (χ0) is 16.1. The Morgan fingerprint density at radius 3 is 2.52 bits per heavy atom. The fourth-order valence-corrected chi connectivity index (χ4v) is 2.33. The molecule has 2 heterocycles. The van der Waals surface area contributed by atoms with Crippen LogP contribution in [0.1, 0.15) is 16.1 Å². The summed E-state index contributed by atoms with van der Waals surface area (Å²) in [4.78, 5) is 25.8. The summed E-state index contributed by atoms with van der Waals surface area (Å²) in [6.07, 6.45) is 1.76. The predicted octanol–water partition coefficient (Wildman–Crippen LogP) is 1.33. The molecule has 23 heavy (non-hydrogen) atoms. The Hall–Kier alpha value is -2.67. The van der Waals surface area contributed by atoms with Crippen LogP contribution in [0.5, 0.6) is 0 Å². The monoisotopic (exact) mass is 315 g/mol. The normalized spacial score (nSPS) is 14.5. The maximum Gasteiger partial charge on any atom is 0.294 e. The number of aromatic nitrogens is 1. The Balaban J connectivity index is 1.56. The Morgan fingerprint density at radius 1 is 1.13 bits per heavy atom. The second-order valence-corrected chi connectivity index (χ2v) is 5.20. The van der Waals surface area contributed by atoms with Gasteiger partial charge in [-0.1, -0.05) is 17.3 Å². The van der Waals surface area contributed by atoms with Crippen LogP contribution in [-0.4, -0.2) is 48.2 Å². The van der Waals surface area contributed by atoms with E-state index in [9.17, 15) is 9.59 Å². The first-order valence-corrected chi connectivity index (χ1v) is 7.39. The zero-order valence-electron chi connectivity index (χ0n) is 12.5. The van der Waals surface area contributed by atoms with Gasteiger partial charge in [0.15, 0.2) is 0 Å². The third-order valence-electron chi connectivity index (χ3n) is 3.59. The van der Waals surface area contributed by atoms with Crippen LogP contribution in [0.2, 0.25) is 0 Å². The fraction of sp³-hybridized carbons (Fsp3) is 0.312. The van der Waals surface area contributed by atoms with Crippen molar-refractivity contribution in [2.45, 2.75) is 6.42 Å². The lowest BCUT2D eigenvalue weighted by molar-refractivity contribution is -0.134. The fourth-order valence-electron chi connectivity index (χ4n) is 2.33. The van der Waals surface area contributed by atoms with Crippen LogP contribution in [0, 0.1) is 0 Å². The minimum atomic E-state index is -0.361. The Labute approximate surface area is 133 Å². The van der Waals surface area contributed by atoms with Gasteiger partial charge in [-0.3, -0.25) is 9.59 Å². The summed E-state index contributed by atoms with van der Waals surface area (Å²) in [5.74, 6) is -0.122. The average Bonchev–Trinajstić information content (AvgIpc) is 3.12. The molecule has 2 amide bonds. The maximum atomic E-state index is 12.2. The largest absolute Gasteiger partial charge is 0.378 e. The van der Waals surface area contributed by atoms with Crippen molar-refractivity contribution in [2.75, 3.05) is 31.6 Å². The van der Waals surface area contributed by atoms with Crippen LogP contribution in [-0.2, 0) is 16.0 Å². The summed E-state index contributed by atoms with van der Waals surface area (Å²) in [7, 11) is 0. The SMILES string of the molecule is O=C(Nc1ccc(CC(=O)N2CCOCC2)cc1)c1ccno1. The van der Waals surface area contributed by atoms with Gasteiger partial charge in [-0.2, -0.15) is 0 Å². The molecular weight excluding hydrogens is 298 g/mol. The first-order chi connectivity index (χ1) is 11.2. The van der Waals surface area contributed by atoms with Crippen molar-refractivity contribution in [3.8, 4) is 0 Å². The quantitative estimate of drug-likeness (QED) is 0.920. The Morgan fingerprint density at radius 2 is 1.87 bits per heavy atom. The van der Waals surface area contributed by atoms with E-state index in [0.29, 0.717) is 38.4 Å². The molecule has 2 aromatic rings. The summed E-state index contributed by atoms with van der Waals surface area (Å²) >= 11 is 0. The van der Waals surface area contributed by atoms with Crippen molar-refractivity contribution in [1.29, 1.82) is 0 Å². The first-order valence-electron chi connectivity index (χ1n) is 7.39. The van der Waals surface area contributed by atoms with Crippen molar-refractivity contribution < 1.29 is 18.8 Å². The van der Waals surface area contributed by atoms with Gasteiger partial charge in [0, 0.05) is 24.8 Å². The van der Waals surface area contributed by atoms with Crippen LogP contribution in [0.15, 0.2) is 41.1 Å². The molecule has 0 unspecified atom stereocenters.